The molecule has 5 N–H and O–H groups in total. The second-order valence-electron chi connectivity index (χ2n) is 5.22. The van der Waals surface area contributed by atoms with Crippen LogP contribution in [0.5, 0.6) is 5.75 Å². The molecule has 7 heteroatoms. The summed E-state index contributed by atoms with van der Waals surface area (Å²) in [5.41, 5.74) is 14.0. The summed E-state index contributed by atoms with van der Waals surface area (Å²) in [6, 6.07) is 5.37. The van der Waals surface area contributed by atoms with Crippen molar-refractivity contribution in [2.75, 3.05) is 18.6 Å². The maximum absolute atomic E-state index is 13.7. The van der Waals surface area contributed by atoms with Gasteiger partial charge in [0.2, 0.25) is 0 Å². The van der Waals surface area contributed by atoms with Crippen LogP contribution in [-0.4, -0.2) is 13.0 Å². The molecule has 0 radical (unpaired) electrons. The fourth-order valence-corrected chi connectivity index (χ4v) is 2.42. The smallest absolute Gasteiger partial charge is 0.251 e. The van der Waals surface area contributed by atoms with Crippen molar-refractivity contribution in [2.24, 2.45) is 0 Å². The molecule has 0 fully saturated rings. The molecular weight excluding hydrogens is 316 g/mol. The summed E-state index contributed by atoms with van der Waals surface area (Å²) in [5.74, 6) is -3.04. The second-order valence-corrected chi connectivity index (χ2v) is 5.22. The first kappa shape index (κ1) is 17.5. The average molecular weight is 335 g/mol. The van der Waals surface area contributed by atoms with Gasteiger partial charge < -0.3 is 21.5 Å². The Morgan fingerprint density at radius 2 is 1.83 bits per heavy atom. The van der Waals surface area contributed by atoms with E-state index < -0.39 is 23.3 Å². The molecule has 0 spiro atoms. The fourth-order valence-electron chi connectivity index (χ4n) is 2.42. The van der Waals surface area contributed by atoms with Crippen LogP contribution in [0.2, 0.25) is 0 Å². The number of nitrogens with one attached hydrogen (secondary N) is 1. The lowest BCUT2D eigenvalue weighted by atomic mass is 10.0. The number of hydrogen-bond donors (Lipinski definition) is 3. The summed E-state index contributed by atoms with van der Waals surface area (Å²) >= 11 is 0. The first-order valence-electron chi connectivity index (χ1n) is 7.35. The maximum Gasteiger partial charge on any atom is 0.251 e. The summed E-state index contributed by atoms with van der Waals surface area (Å²) in [4.78, 5) is 12.2. The summed E-state index contributed by atoms with van der Waals surface area (Å²) in [6.45, 7) is 2.05. The van der Waals surface area contributed by atoms with E-state index in [1.54, 1.807) is 6.07 Å². The Hall–Kier alpha value is -2.83. The predicted octanol–water partition coefficient (Wildman–Crippen LogP) is 2.63. The number of anilines is 2. The van der Waals surface area contributed by atoms with Crippen LogP contribution in [0.15, 0.2) is 24.3 Å². The van der Waals surface area contributed by atoms with Gasteiger partial charge in [-0.25, -0.2) is 8.78 Å². The number of nitrogens with two attached hydrogens (primary N) is 2. The van der Waals surface area contributed by atoms with Crippen LogP contribution < -0.4 is 21.5 Å². The van der Waals surface area contributed by atoms with E-state index in [1.165, 1.54) is 0 Å². The molecule has 0 aromatic heterocycles. The summed E-state index contributed by atoms with van der Waals surface area (Å²) < 4.78 is 32.0. The van der Waals surface area contributed by atoms with E-state index in [-0.39, 0.29) is 12.1 Å². The van der Waals surface area contributed by atoms with Gasteiger partial charge in [0.05, 0.1) is 18.5 Å². The van der Waals surface area contributed by atoms with E-state index >= 15 is 0 Å². The number of methoxy groups -OCH3 is 1. The van der Waals surface area contributed by atoms with Gasteiger partial charge in [0, 0.05) is 12.1 Å². The molecule has 5 nitrogen and oxygen atoms in total. The number of halogens is 2. The van der Waals surface area contributed by atoms with E-state index in [4.69, 9.17) is 11.5 Å². The third-order valence-corrected chi connectivity index (χ3v) is 3.76. The topological polar surface area (TPSA) is 90.4 Å². The lowest BCUT2D eigenvalue weighted by Gasteiger charge is -2.14. The van der Waals surface area contributed by atoms with E-state index in [0.717, 1.165) is 24.8 Å². The Labute approximate surface area is 138 Å². The molecule has 24 heavy (non-hydrogen) atoms. The van der Waals surface area contributed by atoms with Crippen molar-refractivity contribution in [1.82, 2.24) is 5.32 Å². The van der Waals surface area contributed by atoms with Gasteiger partial charge in [0.1, 0.15) is 0 Å². The van der Waals surface area contributed by atoms with Crippen molar-refractivity contribution in [3.8, 4) is 5.75 Å². The minimum absolute atomic E-state index is 0.105. The molecule has 2 aromatic carbocycles. The van der Waals surface area contributed by atoms with Gasteiger partial charge in [-0.2, -0.15) is 0 Å². The van der Waals surface area contributed by atoms with Crippen molar-refractivity contribution in [1.29, 1.82) is 0 Å². The van der Waals surface area contributed by atoms with E-state index in [0.29, 0.717) is 23.4 Å². The van der Waals surface area contributed by atoms with Crippen LogP contribution in [0.25, 0.3) is 0 Å². The molecule has 0 bridgehead atoms. The zero-order valence-electron chi connectivity index (χ0n) is 13.5. The quantitative estimate of drug-likeness (QED) is 0.733. The highest BCUT2D eigenvalue weighted by Crippen LogP contribution is 2.25. The van der Waals surface area contributed by atoms with Crippen molar-refractivity contribution >= 4 is 17.3 Å². The van der Waals surface area contributed by atoms with Gasteiger partial charge in [0.25, 0.3) is 5.91 Å². The number of carbonyl (C=O) groups excluding carboxylic acids is 1. The molecule has 128 valence electrons. The molecule has 1 amide bonds. The molecule has 0 atom stereocenters. The van der Waals surface area contributed by atoms with Crippen molar-refractivity contribution in [2.45, 2.75) is 19.9 Å². The molecule has 0 aliphatic carbocycles. The Balaban J connectivity index is 2.22. The number of rotatable bonds is 5. The molecule has 0 heterocycles. The zero-order chi connectivity index (χ0) is 17.9. The van der Waals surface area contributed by atoms with Crippen molar-refractivity contribution in [3.63, 3.8) is 0 Å². The normalized spacial score (nSPS) is 10.5. The van der Waals surface area contributed by atoms with Crippen LogP contribution >= 0.6 is 0 Å². The highest BCUT2D eigenvalue weighted by Gasteiger charge is 2.16. The van der Waals surface area contributed by atoms with E-state index in [1.807, 2.05) is 13.0 Å². The number of aryl methyl sites for hydroxylation is 1. The molecule has 0 saturated heterocycles. The Morgan fingerprint density at radius 3 is 2.38 bits per heavy atom. The molecule has 0 saturated carbocycles. The number of hydrogen-bond acceptors (Lipinski definition) is 4. The highest BCUT2D eigenvalue weighted by molar-refractivity contribution is 5.94. The second kappa shape index (κ2) is 7.16. The number of carbonyl (C=O) groups is 1. The summed E-state index contributed by atoms with van der Waals surface area (Å²) in [5, 5.41) is 2.60. The van der Waals surface area contributed by atoms with Crippen LogP contribution in [0, 0.1) is 11.6 Å². The molecule has 0 aliphatic heterocycles. The van der Waals surface area contributed by atoms with Crippen LogP contribution in [-0.2, 0) is 13.0 Å². The van der Waals surface area contributed by atoms with Crippen LogP contribution in [0.1, 0.15) is 28.4 Å². The minimum Gasteiger partial charge on any atom is -0.491 e. The van der Waals surface area contributed by atoms with Crippen molar-refractivity contribution < 1.29 is 18.3 Å². The lowest BCUT2D eigenvalue weighted by Crippen LogP contribution is -2.24. The molecular formula is C17H19F2N3O2. The predicted molar refractivity (Wildman–Crippen MR) is 88.7 cm³/mol. The largest absolute Gasteiger partial charge is 0.491 e. The summed E-state index contributed by atoms with van der Waals surface area (Å²) in [7, 11) is 1.15. The minimum atomic E-state index is -0.944. The average Bonchev–Trinajstić information content (AvgIpc) is 2.55. The van der Waals surface area contributed by atoms with Gasteiger partial charge >= 0.3 is 0 Å². The number of nitrogen functional groups attached to an aromatic ring is 2. The van der Waals surface area contributed by atoms with Crippen LogP contribution in [0.3, 0.4) is 0 Å². The Bertz CT molecular complexity index is 756. The van der Waals surface area contributed by atoms with Gasteiger partial charge in [0.15, 0.2) is 17.4 Å². The molecule has 2 aromatic rings. The molecule has 0 unspecified atom stereocenters. The van der Waals surface area contributed by atoms with E-state index in [2.05, 4.69) is 10.1 Å². The lowest BCUT2D eigenvalue weighted by molar-refractivity contribution is 0.0950. The number of ether oxygens (including phenoxy) is 1. The maximum atomic E-state index is 13.7. The van der Waals surface area contributed by atoms with Crippen molar-refractivity contribution in [3.05, 3.63) is 52.6 Å². The van der Waals surface area contributed by atoms with Gasteiger partial charge in [-0.3, -0.25) is 4.79 Å². The fraction of sp³-hybridized carbons (Fsp3) is 0.235. The number of benzene rings is 2. The van der Waals surface area contributed by atoms with Gasteiger partial charge in [-0.1, -0.05) is 13.0 Å². The van der Waals surface area contributed by atoms with Crippen LogP contribution in [0.4, 0.5) is 20.2 Å². The third kappa shape index (κ3) is 3.40. The standard InChI is InChI=1S/C17H19F2N3O2/c1-3-9-4-5-14(20)15(21)11(9)8-22-17(23)10-6-12(18)16(24-2)13(19)7-10/h4-7H,3,8,20-21H2,1-2H3,(H,22,23). The SMILES string of the molecule is CCc1ccc(N)c(N)c1CNC(=O)c1cc(F)c(OC)c(F)c1. The monoisotopic (exact) mass is 335 g/mol. The molecule has 2 rings (SSSR count). The summed E-state index contributed by atoms with van der Waals surface area (Å²) in [6.07, 6.45) is 0.710. The zero-order valence-corrected chi connectivity index (χ0v) is 13.5. The Morgan fingerprint density at radius 1 is 1.21 bits per heavy atom. The third-order valence-electron chi connectivity index (χ3n) is 3.76. The first-order chi connectivity index (χ1) is 11.4. The first-order valence-corrected chi connectivity index (χ1v) is 7.35. The number of amides is 1. The molecule has 0 aliphatic rings. The van der Waals surface area contributed by atoms with Gasteiger partial charge in [-0.15, -0.1) is 0 Å². The Kier molecular flexibility index (Phi) is 5.23. The van der Waals surface area contributed by atoms with Gasteiger partial charge in [-0.05, 0) is 35.7 Å². The van der Waals surface area contributed by atoms with E-state index in [9.17, 15) is 13.6 Å². The highest BCUT2D eigenvalue weighted by atomic mass is 19.1.